The van der Waals surface area contributed by atoms with Crippen molar-refractivity contribution in [3.63, 3.8) is 0 Å². The van der Waals surface area contributed by atoms with Crippen molar-refractivity contribution in [3.05, 3.63) is 60.2 Å². The van der Waals surface area contributed by atoms with Crippen LogP contribution in [0.5, 0.6) is 0 Å². The minimum absolute atomic E-state index is 0.200. The van der Waals surface area contributed by atoms with E-state index in [1.807, 2.05) is 52.1 Å². The van der Waals surface area contributed by atoms with Crippen LogP contribution in [-0.2, 0) is 6.42 Å². The van der Waals surface area contributed by atoms with Gasteiger partial charge in [-0.3, -0.25) is 4.79 Å². The molecule has 3 aromatic rings. The fourth-order valence-corrected chi connectivity index (χ4v) is 3.55. The van der Waals surface area contributed by atoms with Gasteiger partial charge < -0.3 is 11.1 Å². The molecule has 1 saturated carbocycles. The molecule has 2 aromatic heterocycles. The SMILES string of the molecule is NC1CCC(n2cc(C(=O)NCCc3cnn(-c4ccccc4)c3)nn2)CC1. The van der Waals surface area contributed by atoms with Crippen molar-refractivity contribution in [1.82, 2.24) is 30.1 Å². The largest absolute Gasteiger partial charge is 0.350 e. The average Bonchev–Trinajstić information content (AvgIpc) is 3.39. The topological polar surface area (TPSA) is 104 Å². The number of benzene rings is 1. The van der Waals surface area contributed by atoms with Gasteiger partial charge in [0, 0.05) is 18.8 Å². The second kappa shape index (κ2) is 8.35. The number of nitrogens with two attached hydrogens (primary N) is 1. The number of aromatic nitrogens is 5. The molecule has 0 spiro atoms. The standard InChI is InChI=1S/C20H25N7O/c21-16-6-8-18(9-7-16)27-14-19(24-25-27)20(28)22-11-10-15-12-23-26(13-15)17-4-2-1-3-5-17/h1-5,12-14,16,18H,6-11,21H2,(H,22,28). The van der Waals surface area contributed by atoms with Gasteiger partial charge in [-0.1, -0.05) is 23.4 Å². The van der Waals surface area contributed by atoms with Gasteiger partial charge in [0.05, 0.1) is 24.1 Å². The number of hydrogen-bond donors (Lipinski definition) is 2. The lowest BCUT2D eigenvalue weighted by Crippen LogP contribution is -2.28. The van der Waals surface area contributed by atoms with Crippen molar-refractivity contribution < 1.29 is 4.79 Å². The van der Waals surface area contributed by atoms with E-state index < -0.39 is 0 Å². The van der Waals surface area contributed by atoms with E-state index in [0.29, 0.717) is 18.7 Å². The smallest absolute Gasteiger partial charge is 0.273 e. The van der Waals surface area contributed by atoms with Crippen molar-refractivity contribution in [2.24, 2.45) is 5.73 Å². The highest BCUT2D eigenvalue weighted by molar-refractivity contribution is 5.91. The summed E-state index contributed by atoms with van der Waals surface area (Å²) in [4.78, 5) is 12.3. The van der Waals surface area contributed by atoms with E-state index in [0.717, 1.165) is 36.9 Å². The van der Waals surface area contributed by atoms with Gasteiger partial charge in [0.15, 0.2) is 5.69 Å². The van der Waals surface area contributed by atoms with Crippen molar-refractivity contribution in [2.45, 2.75) is 44.2 Å². The molecule has 4 rings (SSSR count). The van der Waals surface area contributed by atoms with Crippen molar-refractivity contribution in [2.75, 3.05) is 6.54 Å². The number of rotatable bonds is 6. The lowest BCUT2D eigenvalue weighted by atomic mass is 9.92. The summed E-state index contributed by atoms with van der Waals surface area (Å²) < 4.78 is 3.64. The highest BCUT2D eigenvalue weighted by atomic mass is 16.2. The van der Waals surface area contributed by atoms with Crippen LogP contribution in [0.2, 0.25) is 0 Å². The summed E-state index contributed by atoms with van der Waals surface area (Å²) >= 11 is 0. The first-order chi connectivity index (χ1) is 13.7. The number of para-hydroxylation sites is 1. The fraction of sp³-hybridized carbons (Fsp3) is 0.400. The number of nitrogens with one attached hydrogen (secondary N) is 1. The molecular formula is C20H25N7O. The molecule has 0 radical (unpaired) electrons. The zero-order valence-electron chi connectivity index (χ0n) is 15.7. The normalized spacial score (nSPS) is 19.5. The third-order valence-electron chi connectivity index (χ3n) is 5.21. The predicted molar refractivity (Wildman–Crippen MR) is 105 cm³/mol. The van der Waals surface area contributed by atoms with E-state index >= 15 is 0 Å². The molecule has 146 valence electrons. The van der Waals surface area contributed by atoms with E-state index in [4.69, 9.17) is 5.73 Å². The number of hydrogen-bond acceptors (Lipinski definition) is 5. The van der Waals surface area contributed by atoms with Gasteiger partial charge >= 0.3 is 0 Å². The summed E-state index contributed by atoms with van der Waals surface area (Å²) in [6, 6.07) is 10.5. The maximum Gasteiger partial charge on any atom is 0.273 e. The number of carbonyl (C=O) groups excluding carboxylic acids is 1. The molecule has 0 saturated heterocycles. The highest BCUT2D eigenvalue weighted by Crippen LogP contribution is 2.26. The van der Waals surface area contributed by atoms with Gasteiger partial charge in [0.2, 0.25) is 0 Å². The Hall–Kier alpha value is -3.00. The van der Waals surface area contributed by atoms with Gasteiger partial charge in [0.25, 0.3) is 5.91 Å². The summed E-state index contributed by atoms with van der Waals surface area (Å²) in [5.74, 6) is -0.200. The monoisotopic (exact) mass is 379 g/mol. The maximum absolute atomic E-state index is 12.3. The maximum atomic E-state index is 12.3. The Bertz CT molecular complexity index is 910. The zero-order valence-corrected chi connectivity index (χ0v) is 15.7. The first-order valence-electron chi connectivity index (χ1n) is 9.73. The van der Waals surface area contributed by atoms with Gasteiger partial charge in [-0.05, 0) is 49.8 Å². The van der Waals surface area contributed by atoms with Gasteiger partial charge in [0.1, 0.15) is 0 Å². The fourth-order valence-electron chi connectivity index (χ4n) is 3.55. The molecule has 0 bridgehead atoms. The third kappa shape index (κ3) is 4.28. The molecule has 1 amide bonds. The molecule has 1 aliphatic carbocycles. The molecule has 1 aliphatic rings. The summed E-state index contributed by atoms with van der Waals surface area (Å²) in [5, 5.41) is 15.5. The molecule has 8 heteroatoms. The van der Waals surface area contributed by atoms with Gasteiger partial charge in [-0.15, -0.1) is 5.10 Å². The number of carbonyl (C=O) groups is 1. The minimum atomic E-state index is -0.200. The van der Waals surface area contributed by atoms with Crippen molar-refractivity contribution in [3.8, 4) is 5.69 Å². The average molecular weight is 379 g/mol. The predicted octanol–water partition coefficient (Wildman–Crippen LogP) is 1.88. The Labute approximate surface area is 163 Å². The van der Waals surface area contributed by atoms with Crippen LogP contribution in [0.15, 0.2) is 48.9 Å². The van der Waals surface area contributed by atoms with Crippen molar-refractivity contribution >= 4 is 5.91 Å². The second-order valence-corrected chi connectivity index (χ2v) is 7.29. The van der Waals surface area contributed by atoms with E-state index in [1.165, 1.54) is 0 Å². The van der Waals surface area contributed by atoms with Crippen LogP contribution in [0, 0.1) is 0 Å². The zero-order chi connectivity index (χ0) is 19.3. The Balaban J connectivity index is 1.28. The quantitative estimate of drug-likeness (QED) is 0.681. The highest BCUT2D eigenvalue weighted by Gasteiger charge is 2.22. The van der Waals surface area contributed by atoms with E-state index in [1.54, 1.807) is 6.20 Å². The van der Waals surface area contributed by atoms with Crippen LogP contribution < -0.4 is 11.1 Å². The van der Waals surface area contributed by atoms with Crippen LogP contribution in [0.4, 0.5) is 0 Å². The summed E-state index contributed by atoms with van der Waals surface area (Å²) in [5.41, 5.74) is 8.38. The van der Waals surface area contributed by atoms with Crippen LogP contribution in [-0.4, -0.2) is 43.3 Å². The van der Waals surface area contributed by atoms with Crippen LogP contribution in [0.1, 0.15) is 47.8 Å². The Morgan fingerprint density at radius 2 is 1.93 bits per heavy atom. The molecule has 3 N–H and O–H groups in total. The first-order valence-corrected chi connectivity index (χ1v) is 9.73. The lowest BCUT2D eigenvalue weighted by molar-refractivity contribution is 0.0949. The molecule has 1 fully saturated rings. The molecule has 1 aromatic carbocycles. The van der Waals surface area contributed by atoms with Gasteiger partial charge in [-0.25, -0.2) is 9.36 Å². The minimum Gasteiger partial charge on any atom is -0.350 e. The summed E-state index contributed by atoms with van der Waals surface area (Å²) in [6.45, 7) is 0.518. The van der Waals surface area contributed by atoms with E-state index in [-0.39, 0.29) is 18.0 Å². The van der Waals surface area contributed by atoms with E-state index in [9.17, 15) is 4.79 Å². The first kappa shape index (κ1) is 18.4. The molecule has 0 atom stereocenters. The van der Waals surface area contributed by atoms with Crippen molar-refractivity contribution in [1.29, 1.82) is 0 Å². The Morgan fingerprint density at radius 1 is 1.14 bits per heavy atom. The van der Waals surface area contributed by atoms with Crippen LogP contribution in [0.25, 0.3) is 5.69 Å². The molecule has 0 unspecified atom stereocenters. The van der Waals surface area contributed by atoms with Crippen LogP contribution in [0.3, 0.4) is 0 Å². The van der Waals surface area contributed by atoms with E-state index in [2.05, 4.69) is 20.7 Å². The second-order valence-electron chi connectivity index (χ2n) is 7.29. The molecule has 2 heterocycles. The molecule has 28 heavy (non-hydrogen) atoms. The number of amides is 1. The number of nitrogens with zero attached hydrogens (tertiary/aromatic N) is 5. The lowest BCUT2D eigenvalue weighted by Gasteiger charge is -2.25. The molecular weight excluding hydrogens is 354 g/mol. The molecule has 0 aliphatic heterocycles. The van der Waals surface area contributed by atoms with Crippen LogP contribution >= 0.6 is 0 Å². The summed E-state index contributed by atoms with van der Waals surface area (Å²) in [6.07, 6.45) is 10.2. The molecule has 8 nitrogen and oxygen atoms in total. The summed E-state index contributed by atoms with van der Waals surface area (Å²) in [7, 11) is 0. The Morgan fingerprint density at radius 3 is 2.71 bits per heavy atom. The third-order valence-corrected chi connectivity index (χ3v) is 5.21. The van der Waals surface area contributed by atoms with Gasteiger partial charge in [-0.2, -0.15) is 5.10 Å². The Kier molecular flexibility index (Phi) is 5.48.